The Morgan fingerprint density at radius 1 is 1.38 bits per heavy atom. The monoisotopic (exact) mass is 457 g/mol. The first kappa shape index (κ1) is 22.1. The predicted molar refractivity (Wildman–Crippen MR) is 121 cm³/mol. The fraction of sp³-hybridized carbons (Fsp3) is 0.500. The number of likely N-dealkylation sites (tertiary alicyclic amines) is 1. The summed E-state index contributed by atoms with van der Waals surface area (Å²) in [5, 5.41) is 20.0. The zero-order valence-electron chi connectivity index (χ0n) is 18.6. The van der Waals surface area contributed by atoms with Crippen LogP contribution in [-0.2, 0) is 6.54 Å². The Morgan fingerprint density at radius 2 is 2.19 bits per heavy atom. The van der Waals surface area contributed by atoms with Gasteiger partial charge in [-0.3, -0.25) is 9.69 Å². The van der Waals surface area contributed by atoms with E-state index >= 15 is 0 Å². The molecule has 1 unspecified atom stereocenters. The highest BCUT2D eigenvalue weighted by molar-refractivity contribution is 7.12. The Labute approximate surface area is 189 Å². The minimum absolute atomic E-state index is 0.0759. The molecule has 12 heteroatoms. The van der Waals surface area contributed by atoms with Crippen molar-refractivity contribution in [2.75, 3.05) is 12.3 Å². The number of amides is 1. The summed E-state index contributed by atoms with van der Waals surface area (Å²) in [5.41, 5.74) is 11.0. The van der Waals surface area contributed by atoms with Crippen LogP contribution in [0.3, 0.4) is 0 Å². The van der Waals surface area contributed by atoms with Gasteiger partial charge in [-0.05, 0) is 63.5 Å². The first-order chi connectivity index (χ1) is 15.3. The number of rotatable bonds is 6. The topological polar surface area (TPSA) is 140 Å². The van der Waals surface area contributed by atoms with Gasteiger partial charge in [0.1, 0.15) is 0 Å². The van der Waals surface area contributed by atoms with Crippen molar-refractivity contribution >= 4 is 28.8 Å². The molecule has 3 N–H and O–H groups in total. The number of hydrogen-bond donors (Lipinski definition) is 2. The van der Waals surface area contributed by atoms with Gasteiger partial charge in [0.2, 0.25) is 11.6 Å². The van der Waals surface area contributed by atoms with Gasteiger partial charge in [0.25, 0.3) is 5.91 Å². The highest BCUT2D eigenvalue weighted by Gasteiger charge is 2.28. The number of nitrogens with zero attached hydrogens (tertiary/aromatic N) is 7. The molecule has 1 atom stereocenters. The van der Waals surface area contributed by atoms with E-state index in [0.29, 0.717) is 18.3 Å². The smallest absolute Gasteiger partial charge is 0.293 e. The Balaban J connectivity index is 1.63. The number of anilines is 1. The second-order valence-corrected chi connectivity index (χ2v) is 9.51. The van der Waals surface area contributed by atoms with Crippen LogP contribution >= 0.6 is 11.3 Å². The molecule has 0 spiro atoms. The maximum Gasteiger partial charge on any atom is 0.293 e. The van der Waals surface area contributed by atoms with Gasteiger partial charge in [-0.1, -0.05) is 11.6 Å². The van der Waals surface area contributed by atoms with Crippen LogP contribution in [0.5, 0.6) is 0 Å². The molecule has 1 fully saturated rings. The lowest BCUT2D eigenvalue weighted by Crippen LogP contribution is -2.38. The van der Waals surface area contributed by atoms with Gasteiger partial charge in [0.15, 0.2) is 5.69 Å². The lowest BCUT2D eigenvalue weighted by atomic mass is 10.0. The standard InChI is InChI=1S/C20H27N9O2S/c1-11-7-5-6-8-28(11)10-16-17(23-27-29(16)19-18(21)25-31-26-19)20(30)24-22-13(3)15-9-12(2)32-14(15)4/h9,11H,5-8,10H2,1-4H3,(H2,21,25)(H,24,30). The van der Waals surface area contributed by atoms with E-state index < -0.39 is 5.91 Å². The summed E-state index contributed by atoms with van der Waals surface area (Å²) in [6.45, 7) is 9.52. The third-order valence-electron chi connectivity index (χ3n) is 5.72. The average molecular weight is 458 g/mol. The van der Waals surface area contributed by atoms with Crippen LogP contribution in [0.2, 0.25) is 0 Å². The van der Waals surface area contributed by atoms with Crippen molar-refractivity contribution < 1.29 is 9.42 Å². The number of hydrazone groups is 1. The number of nitrogens with one attached hydrogen (secondary N) is 1. The highest BCUT2D eigenvalue weighted by Crippen LogP contribution is 2.23. The van der Waals surface area contributed by atoms with Gasteiger partial charge in [0, 0.05) is 27.9 Å². The van der Waals surface area contributed by atoms with Crippen LogP contribution in [0.1, 0.15) is 64.6 Å². The van der Waals surface area contributed by atoms with Crippen LogP contribution in [0.4, 0.5) is 5.82 Å². The van der Waals surface area contributed by atoms with Gasteiger partial charge in [-0.2, -0.15) is 9.78 Å². The molecule has 0 saturated carbocycles. The van der Waals surface area contributed by atoms with E-state index in [0.717, 1.165) is 35.5 Å². The normalized spacial score (nSPS) is 17.6. The quantitative estimate of drug-likeness (QED) is 0.425. The molecule has 3 aromatic rings. The molecule has 32 heavy (non-hydrogen) atoms. The molecular weight excluding hydrogens is 430 g/mol. The van der Waals surface area contributed by atoms with Crippen LogP contribution in [-0.4, -0.2) is 54.4 Å². The Bertz CT molecular complexity index is 1150. The number of hydrogen-bond acceptors (Lipinski definition) is 10. The van der Waals surface area contributed by atoms with E-state index in [-0.39, 0.29) is 17.3 Å². The fourth-order valence-corrected chi connectivity index (χ4v) is 4.93. The van der Waals surface area contributed by atoms with Crippen molar-refractivity contribution in [2.45, 2.75) is 59.5 Å². The molecule has 0 bridgehead atoms. The highest BCUT2D eigenvalue weighted by atomic mass is 32.1. The third kappa shape index (κ3) is 4.41. The molecule has 0 radical (unpaired) electrons. The fourth-order valence-electron chi connectivity index (χ4n) is 3.95. The van der Waals surface area contributed by atoms with Crippen molar-refractivity contribution in [1.29, 1.82) is 0 Å². The van der Waals surface area contributed by atoms with Crippen molar-refractivity contribution in [3.8, 4) is 5.82 Å². The van der Waals surface area contributed by atoms with Crippen LogP contribution < -0.4 is 11.2 Å². The molecule has 1 aliphatic heterocycles. The summed E-state index contributed by atoms with van der Waals surface area (Å²) in [6, 6.07) is 2.44. The summed E-state index contributed by atoms with van der Waals surface area (Å²) < 4.78 is 6.15. The minimum Gasteiger partial charge on any atom is -0.378 e. The van der Waals surface area contributed by atoms with E-state index in [9.17, 15) is 4.79 Å². The van der Waals surface area contributed by atoms with Gasteiger partial charge in [-0.25, -0.2) is 10.1 Å². The Kier molecular flexibility index (Phi) is 6.33. The molecule has 4 heterocycles. The third-order valence-corrected chi connectivity index (χ3v) is 6.69. The molecule has 0 aromatic carbocycles. The number of aryl methyl sites for hydroxylation is 2. The molecule has 1 saturated heterocycles. The van der Waals surface area contributed by atoms with E-state index in [2.05, 4.69) is 49.0 Å². The van der Waals surface area contributed by atoms with Crippen molar-refractivity contribution in [2.24, 2.45) is 5.10 Å². The second kappa shape index (κ2) is 9.17. The maximum atomic E-state index is 13.0. The molecule has 1 amide bonds. The van der Waals surface area contributed by atoms with Gasteiger partial charge < -0.3 is 5.73 Å². The molecule has 3 aromatic heterocycles. The second-order valence-electron chi connectivity index (χ2n) is 8.05. The molecule has 1 aliphatic rings. The molecular formula is C20H27N9O2S. The summed E-state index contributed by atoms with van der Waals surface area (Å²) in [5.74, 6) is -0.165. The lowest BCUT2D eigenvalue weighted by molar-refractivity contribution is 0.0944. The van der Waals surface area contributed by atoms with Crippen molar-refractivity contribution in [3.05, 3.63) is 32.8 Å². The predicted octanol–water partition coefficient (Wildman–Crippen LogP) is 2.44. The zero-order valence-corrected chi connectivity index (χ0v) is 19.4. The van der Waals surface area contributed by atoms with Crippen molar-refractivity contribution in [1.82, 2.24) is 35.6 Å². The number of thiophene rings is 1. The van der Waals surface area contributed by atoms with E-state index in [4.69, 9.17) is 10.4 Å². The molecule has 170 valence electrons. The SMILES string of the molecule is CC(=NNC(=O)c1nnn(-c2nonc2N)c1CN1CCCCC1C)c1cc(C)sc1C. The van der Waals surface area contributed by atoms with E-state index in [1.807, 2.05) is 20.8 Å². The number of piperidine rings is 1. The average Bonchev–Trinajstić information content (AvgIpc) is 3.45. The number of nitrogen functional groups attached to an aromatic ring is 1. The minimum atomic E-state index is -0.449. The van der Waals surface area contributed by atoms with Gasteiger partial charge in [0.05, 0.1) is 11.4 Å². The molecule has 0 aliphatic carbocycles. The summed E-state index contributed by atoms with van der Waals surface area (Å²) >= 11 is 1.70. The molecule has 4 rings (SSSR count). The maximum absolute atomic E-state index is 13.0. The first-order valence-corrected chi connectivity index (χ1v) is 11.4. The number of carbonyl (C=O) groups is 1. The summed E-state index contributed by atoms with van der Waals surface area (Å²) in [7, 11) is 0. The number of carbonyl (C=O) groups excluding carboxylic acids is 1. The van der Waals surface area contributed by atoms with Gasteiger partial charge >= 0.3 is 0 Å². The summed E-state index contributed by atoms with van der Waals surface area (Å²) in [6.07, 6.45) is 3.39. The van der Waals surface area contributed by atoms with Gasteiger partial charge in [-0.15, -0.1) is 16.4 Å². The van der Waals surface area contributed by atoms with Crippen LogP contribution in [0, 0.1) is 13.8 Å². The zero-order chi connectivity index (χ0) is 22.8. The Hall–Kier alpha value is -3.12. The Morgan fingerprint density at radius 3 is 2.84 bits per heavy atom. The largest absolute Gasteiger partial charge is 0.378 e. The first-order valence-electron chi connectivity index (χ1n) is 10.5. The number of aromatic nitrogens is 5. The lowest BCUT2D eigenvalue weighted by Gasteiger charge is -2.33. The molecule has 11 nitrogen and oxygen atoms in total. The van der Waals surface area contributed by atoms with Crippen LogP contribution in [0.15, 0.2) is 15.8 Å². The summed E-state index contributed by atoms with van der Waals surface area (Å²) in [4.78, 5) is 17.7. The van der Waals surface area contributed by atoms with E-state index in [1.165, 1.54) is 16.0 Å². The van der Waals surface area contributed by atoms with E-state index in [1.54, 1.807) is 11.3 Å². The number of nitrogens with two attached hydrogens (primary N) is 1. The van der Waals surface area contributed by atoms with Crippen LogP contribution in [0.25, 0.3) is 5.82 Å². The van der Waals surface area contributed by atoms with Crippen molar-refractivity contribution in [3.63, 3.8) is 0 Å².